The molecule has 2 amide bonds. The van der Waals surface area contributed by atoms with Crippen LogP contribution in [0.25, 0.3) is 0 Å². The Morgan fingerprint density at radius 1 is 1.53 bits per heavy atom. The molecule has 0 spiro atoms. The molecule has 0 aliphatic carbocycles. The van der Waals surface area contributed by atoms with Crippen molar-refractivity contribution >= 4 is 11.8 Å². The molecule has 1 aliphatic heterocycles. The minimum atomic E-state index is -0.446. The molecule has 15 heavy (non-hydrogen) atoms. The molecule has 3 N–H and O–H groups in total. The average molecular weight is 213 g/mol. The highest BCUT2D eigenvalue weighted by Gasteiger charge is 2.24. The van der Waals surface area contributed by atoms with Gasteiger partial charge in [0.05, 0.1) is 5.92 Å². The highest BCUT2D eigenvalue weighted by molar-refractivity contribution is 5.88. The van der Waals surface area contributed by atoms with Gasteiger partial charge in [0.1, 0.15) is 6.04 Å². The lowest BCUT2D eigenvalue weighted by molar-refractivity contribution is -0.130. The van der Waals surface area contributed by atoms with Gasteiger partial charge in [-0.15, -0.1) is 0 Å². The summed E-state index contributed by atoms with van der Waals surface area (Å²) in [7, 11) is 0. The van der Waals surface area contributed by atoms with E-state index >= 15 is 0 Å². The molecular weight excluding hydrogens is 194 g/mol. The number of hydrogen-bond acceptors (Lipinski definition) is 3. The summed E-state index contributed by atoms with van der Waals surface area (Å²) in [6.45, 7) is 5.74. The molecule has 2 atom stereocenters. The maximum atomic E-state index is 11.6. The second-order valence-electron chi connectivity index (χ2n) is 3.81. The van der Waals surface area contributed by atoms with Crippen LogP contribution in [0, 0.1) is 5.92 Å². The van der Waals surface area contributed by atoms with E-state index < -0.39 is 6.04 Å². The fraction of sp³-hybridized carbons (Fsp3) is 0.800. The predicted molar refractivity (Wildman–Crippen MR) is 57.3 cm³/mol. The van der Waals surface area contributed by atoms with Crippen LogP contribution in [-0.4, -0.2) is 37.5 Å². The predicted octanol–water partition coefficient (Wildman–Crippen LogP) is -0.763. The second-order valence-corrected chi connectivity index (χ2v) is 3.81. The van der Waals surface area contributed by atoms with Crippen molar-refractivity contribution in [3.63, 3.8) is 0 Å². The Balaban J connectivity index is 2.33. The van der Waals surface area contributed by atoms with Gasteiger partial charge in [0.2, 0.25) is 11.8 Å². The van der Waals surface area contributed by atoms with Crippen LogP contribution in [0.3, 0.4) is 0 Å². The standard InChI is InChI=1S/C10H19N3O2/c1-3-12-9(14)7(2)13-10(15)8-4-5-11-6-8/h7-8,11H,3-6H2,1-2H3,(H,12,14)(H,13,15). The monoisotopic (exact) mass is 213 g/mol. The summed E-state index contributed by atoms with van der Waals surface area (Å²) in [5.74, 6) is -0.141. The van der Waals surface area contributed by atoms with E-state index in [1.165, 1.54) is 0 Å². The lowest BCUT2D eigenvalue weighted by Crippen LogP contribution is -2.47. The van der Waals surface area contributed by atoms with Crippen LogP contribution in [0.15, 0.2) is 0 Å². The van der Waals surface area contributed by atoms with Crippen molar-refractivity contribution in [2.75, 3.05) is 19.6 Å². The van der Waals surface area contributed by atoms with E-state index in [0.717, 1.165) is 13.0 Å². The van der Waals surface area contributed by atoms with Crippen molar-refractivity contribution in [3.8, 4) is 0 Å². The molecule has 0 radical (unpaired) electrons. The van der Waals surface area contributed by atoms with E-state index in [-0.39, 0.29) is 17.7 Å². The molecule has 5 nitrogen and oxygen atoms in total. The van der Waals surface area contributed by atoms with Gasteiger partial charge in [-0.05, 0) is 26.8 Å². The zero-order chi connectivity index (χ0) is 11.3. The molecule has 1 heterocycles. The molecule has 2 unspecified atom stereocenters. The van der Waals surface area contributed by atoms with E-state index in [1.54, 1.807) is 6.92 Å². The number of nitrogens with one attached hydrogen (secondary N) is 3. The van der Waals surface area contributed by atoms with Crippen LogP contribution in [0.5, 0.6) is 0 Å². The number of hydrogen-bond donors (Lipinski definition) is 3. The highest BCUT2D eigenvalue weighted by Crippen LogP contribution is 2.07. The summed E-state index contributed by atoms with van der Waals surface area (Å²) in [4.78, 5) is 23.0. The fourth-order valence-electron chi connectivity index (χ4n) is 1.60. The Hall–Kier alpha value is -1.10. The minimum absolute atomic E-state index is 0.0156. The molecule has 1 rings (SSSR count). The van der Waals surface area contributed by atoms with Crippen molar-refractivity contribution in [1.29, 1.82) is 0 Å². The van der Waals surface area contributed by atoms with Gasteiger partial charge in [0, 0.05) is 13.1 Å². The molecule has 1 aliphatic rings. The first-order chi connectivity index (χ1) is 7.15. The van der Waals surface area contributed by atoms with Crippen molar-refractivity contribution in [2.45, 2.75) is 26.3 Å². The lowest BCUT2D eigenvalue weighted by Gasteiger charge is -2.15. The zero-order valence-corrected chi connectivity index (χ0v) is 9.30. The Morgan fingerprint density at radius 2 is 2.27 bits per heavy atom. The summed E-state index contributed by atoms with van der Waals surface area (Å²) in [6.07, 6.45) is 0.855. The number of carbonyl (C=O) groups is 2. The maximum absolute atomic E-state index is 11.6. The zero-order valence-electron chi connectivity index (χ0n) is 9.30. The summed E-state index contributed by atoms with van der Waals surface area (Å²) >= 11 is 0. The summed E-state index contributed by atoms with van der Waals surface area (Å²) in [6, 6.07) is -0.446. The molecule has 0 bridgehead atoms. The van der Waals surface area contributed by atoms with Crippen molar-refractivity contribution in [2.24, 2.45) is 5.92 Å². The lowest BCUT2D eigenvalue weighted by atomic mass is 10.1. The van der Waals surface area contributed by atoms with Crippen LogP contribution in [0.4, 0.5) is 0 Å². The van der Waals surface area contributed by atoms with E-state index in [1.807, 2.05) is 6.92 Å². The molecule has 1 fully saturated rings. The molecule has 0 aromatic heterocycles. The number of likely N-dealkylation sites (N-methyl/N-ethyl adjacent to an activating group) is 1. The average Bonchev–Trinajstić information content (AvgIpc) is 2.70. The third-order valence-corrected chi connectivity index (χ3v) is 2.53. The first-order valence-electron chi connectivity index (χ1n) is 5.44. The largest absolute Gasteiger partial charge is 0.355 e. The maximum Gasteiger partial charge on any atom is 0.242 e. The molecule has 0 saturated carbocycles. The van der Waals surface area contributed by atoms with Gasteiger partial charge in [-0.2, -0.15) is 0 Å². The number of rotatable bonds is 4. The molecule has 1 saturated heterocycles. The van der Waals surface area contributed by atoms with Gasteiger partial charge in [-0.3, -0.25) is 9.59 Å². The Kier molecular flexibility index (Phi) is 4.55. The van der Waals surface area contributed by atoms with E-state index in [0.29, 0.717) is 13.1 Å². The highest BCUT2D eigenvalue weighted by atomic mass is 16.2. The van der Waals surface area contributed by atoms with Gasteiger partial charge in [0.25, 0.3) is 0 Å². The first-order valence-corrected chi connectivity index (χ1v) is 5.44. The van der Waals surface area contributed by atoms with Crippen molar-refractivity contribution < 1.29 is 9.59 Å². The molecule has 0 aromatic carbocycles. The summed E-state index contributed by atoms with van der Waals surface area (Å²) in [5, 5.41) is 8.51. The molecule has 0 aromatic rings. The molecule has 5 heteroatoms. The van der Waals surface area contributed by atoms with Gasteiger partial charge in [0.15, 0.2) is 0 Å². The normalized spacial score (nSPS) is 22.1. The topological polar surface area (TPSA) is 70.2 Å². The van der Waals surface area contributed by atoms with E-state index in [2.05, 4.69) is 16.0 Å². The third-order valence-electron chi connectivity index (χ3n) is 2.53. The van der Waals surface area contributed by atoms with Gasteiger partial charge in [-0.1, -0.05) is 0 Å². The summed E-state index contributed by atoms with van der Waals surface area (Å²) < 4.78 is 0. The molecule has 86 valence electrons. The van der Waals surface area contributed by atoms with Crippen molar-refractivity contribution in [1.82, 2.24) is 16.0 Å². The van der Waals surface area contributed by atoms with Crippen LogP contribution >= 0.6 is 0 Å². The van der Waals surface area contributed by atoms with E-state index in [4.69, 9.17) is 0 Å². The smallest absolute Gasteiger partial charge is 0.242 e. The van der Waals surface area contributed by atoms with Crippen LogP contribution < -0.4 is 16.0 Å². The number of amides is 2. The first kappa shape index (κ1) is 12.0. The summed E-state index contributed by atoms with van der Waals surface area (Å²) in [5.41, 5.74) is 0. The van der Waals surface area contributed by atoms with Crippen LogP contribution in [-0.2, 0) is 9.59 Å². The van der Waals surface area contributed by atoms with Gasteiger partial charge < -0.3 is 16.0 Å². The Labute approximate surface area is 90.0 Å². The number of carbonyl (C=O) groups excluding carboxylic acids is 2. The second kappa shape index (κ2) is 5.70. The van der Waals surface area contributed by atoms with Crippen LogP contribution in [0.1, 0.15) is 20.3 Å². The quantitative estimate of drug-likeness (QED) is 0.575. The Morgan fingerprint density at radius 3 is 2.80 bits per heavy atom. The van der Waals surface area contributed by atoms with Gasteiger partial charge in [-0.25, -0.2) is 0 Å². The third kappa shape index (κ3) is 3.51. The van der Waals surface area contributed by atoms with Crippen LogP contribution in [0.2, 0.25) is 0 Å². The fourth-order valence-corrected chi connectivity index (χ4v) is 1.60. The molecular formula is C10H19N3O2. The van der Waals surface area contributed by atoms with E-state index in [9.17, 15) is 9.59 Å². The van der Waals surface area contributed by atoms with Crippen molar-refractivity contribution in [3.05, 3.63) is 0 Å². The Bertz CT molecular complexity index is 237. The SMILES string of the molecule is CCNC(=O)C(C)NC(=O)C1CCNC1. The minimum Gasteiger partial charge on any atom is -0.355 e. The van der Waals surface area contributed by atoms with Gasteiger partial charge >= 0.3 is 0 Å².